The number of hydrogen-bond donors (Lipinski definition) is 1. The Hall–Kier alpha value is -1.32. The third kappa shape index (κ3) is 2.57. The summed E-state index contributed by atoms with van der Waals surface area (Å²) < 4.78 is 5.52. The van der Waals surface area contributed by atoms with Crippen LogP contribution in [0.5, 0.6) is 5.75 Å². The number of nitrogens with one attached hydrogen (secondary N) is 1. The Bertz CT molecular complexity index is 545. The van der Waals surface area contributed by atoms with Gasteiger partial charge in [-0.05, 0) is 55.1 Å². The highest BCUT2D eigenvalue weighted by atomic mass is 32.1. The Kier molecular flexibility index (Phi) is 4.04. The van der Waals surface area contributed by atoms with Crippen LogP contribution in [-0.2, 0) is 6.54 Å². The molecule has 2 rings (SSSR count). The van der Waals surface area contributed by atoms with Gasteiger partial charge in [0, 0.05) is 17.0 Å². The first-order valence-electron chi connectivity index (χ1n) is 6.03. The Morgan fingerprint density at radius 1 is 1.22 bits per heavy atom. The molecule has 0 radical (unpaired) electrons. The summed E-state index contributed by atoms with van der Waals surface area (Å²) >= 11 is 1.77. The van der Waals surface area contributed by atoms with E-state index in [9.17, 15) is 0 Å². The summed E-state index contributed by atoms with van der Waals surface area (Å²) in [6, 6.07) is 6.54. The maximum atomic E-state index is 5.52. The fourth-order valence-electron chi connectivity index (χ4n) is 2.21. The zero-order chi connectivity index (χ0) is 13.1. The van der Waals surface area contributed by atoms with Crippen LogP contribution in [0.4, 0.5) is 0 Å². The second kappa shape index (κ2) is 5.55. The number of rotatable bonds is 4. The zero-order valence-corrected chi connectivity index (χ0v) is 12.1. The topological polar surface area (TPSA) is 21.3 Å². The lowest BCUT2D eigenvalue weighted by Crippen LogP contribution is -2.03. The normalized spacial score (nSPS) is 10.7. The second-order valence-corrected chi connectivity index (χ2v) is 5.42. The van der Waals surface area contributed by atoms with Gasteiger partial charge in [-0.1, -0.05) is 6.07 Å². The highest BCUT2D eigenvalue weighted by Crippen LogP contribution is 2.37. The van der Waals surface area contributed by atoms with Gasteiger partial charge in [-0.2, -0.15) is 0 Å². The molecule has 0 aliphatic rings. The summed E-state index contributed by atoms with van der Waals surface area (Å²) in [7, 11) is 3.70. The molecule has 1 heterocycles. The van der Waals surface area contributed by atoms with Gasteiger partial charge in [0.1, 0.15) is 5.75 Å². The number of ether oxygens (including phenoxy) is 1. The molecule has 96 valence electrons. The van der Waals surface area contributed by atoms with E-state index in [0.29, 0.717) is 0 Å². The SMILES string of the molecule is CNCc1csc(-c2c(C)cc(C)cc2OC)c1. The van der Waals surface area contributed by atoms with Crippen LogP contribution >= 0.6 is 11.3 Å². The standard InChI is InChI=1S/C15H19NOS/c1-10-5-11(2)15(13(6-10)17-4)14-7-12(8-16-3)9-18-14/h5-7,9,16H,8H2,1-4H3. The molecule has 18 heavy (non-hydrogen) atoms. The van der Waals surface area contributed by atoms with Crippen molar-refractivity contribution >= 4 is 11.3 Å². The van der Waals surface area contributed by atoms with E-state index in [1.807, 2.05) is 7.05 Å². The summed E-state index contributed by atoms with van der Waals surface area (Å²) in [5.41, 5.74) is 5.04. The molecule has 1 aromatic heterocycles. The van der Waals surface area contributed by atoms with E-state index < -0.39 is 0 Å². The minimum atomic E-state index is 0.906. The summed E-state index contributed by atoms with van der Waals surface area (Å²) in [4.78, 5) is 1.27. The molecule has 2 aromatic rings. The van der Waals surface area contributed by atoms with Crippen LogP contribution in [0.3, 0.4) is 0 Å². The van der Waals surface area contributed by atoms with Gasteiger partial charge in [0.05, 0.1) is 7.11 Å². The first-order valence-corrected chi connectivity index (χ1v) is 6.91. The molecular formula is C15H19NOS. The molecule has 0 saturated carbocycles. The largest absolute Gasteiger partial charge is 0.496 e. The summed E-state index contributed by atoms with van der Waals surface area (Å²) in [5.74, 6) is 0.963. The monoisotopic (exact) mass is 261 g/mol. The van der Waals surface area contributed by atoms with Crippen molar-refractivity contribution in [2.75, 3.05) is 14.2 Å². The van der Waals surface area contributed by atoms with Crippen LogP contribution in [0, 0.1) is 13.8 Å². The third-order valence-electron chi connectivity index (χ3n) is 2.94. The second-order valence-electron chi connectivity index (χ2n) is 4.51. The van der Waals surface area contributed by atoms with E-state index in [2.05, 4.69) is 42.7 Å². The molecule has 0 fully saturated rings. The van der Waals surface area contributed by atoms with Crippen LogP contribution in [0.1, 0.15) is 16.7 Å². The minimum Gasteiger partial charge on any atom is -0.496 e. The van der Waals surface area contributed by atoms with E-state index in [0.717, 1.165) is 12.3 Å². The molecule has 3 heteroatoms. The Balaban J connectivity index is 2.48. The van der Waals surface area contributed by atoms with Gasteiger partial charge in [-0.15, -0.1) is 11.3 Å². The van der Waals surface area contributed by atoms with E-state index in [-0.39, 0.29) is 0 Å². The number of aryl methyl sites for hydroxylation is 2. The zero-order valence-electron chi connectivity index (χ0n) is 11.3. The lowest BCUT2D eigenvalue weighted by atomic mass is 10.0. The molecule has 0 spiro atoms. The van der Waals surface area contributed by atoms with E-state index in [1.54, 1.807) is 18.4 Å². The fourth-order valence-corrected chi connectivity index (χ4v) is 3.24. The third-order valence-corrected chi connectivity index (χ3v) is 3.94. The van der Waals surface area contributed by atoms with Gasteiger partial charge in [0.25, 0.3) is 0 Å². The van der Waals surface area contributed by atoms with Crippen LogP contribution < -0.4 is 10.1 Å². The molecule has 0 atom stereocenters. The predicted octanol–water partition coefficient (Wildman–Crippen LogP) is 3.76. The number of thiophene rings is 1. The first-order chi connectivity index (χ1) is 8.65. The van der Waals surface area contributed by atoms with Crippen molar-refractivity contribution in [1.29, 1.82) is 0 Å². The van der Waals surface area contributed by atoms with Crippen molar-refractivity contribution < 1.29 is 4.74 Å². The number of hydrogen-bond acceptors (Lipinski definition) is 3. The maximum Gasteiger partial charge on any atom is 0.128 e. The number of benzene rings is 1. The highest BCUT2D eigenvalue weighted by molar-refractivity contribution is 7.13. The van der Waals surface area contributed by atoms with Gasteiger partial charge in [-0.25, -0.2) is 0 Å². The molecule has 0 saturated heterocycles. The smallest absolute Gasteiger partial charge is 0.128 e. The fraction of sp³-hybridized carbons (Fsp3) is 0.333. The van der Waals surface area contributed by atoms with E-state index >= 15 is 0 Å². The molecule has 0 aliphatic heterocycles. The van der Waals surface area contributed by atoms with Crippen LogP contribution in [0.2, 0.25) is 0 Å². The molecule has 2 nitrogen and oxygen atoms in total. The molecule has 1 aromatic carbocycles. The van der Waals surface area contributed by atoms with E-state index in [4.69, 9.17) is 4.74 Å². The first kappa shape index (κ1) is 13.1. The average molecular weight is 261 g/mol. The van der Waals surface area contributed by atoms with Gasteiger partial charge in [0.15, 0.2) is 0 Å². The number of methoxy groups -OCH3 is 1. The molecule has 0 unspecified atom stereocenters. The maximum absolute atomic E-state index is 5.52. The van der Waals surface area contributed by atoms with E-state index in [1.165, 1.54) is 27.1 Å². The quantitative estimate of drug-likeness (QED) is 0.905. The van der Waals surface area contributed by atoms with Crippen molar-refractivity contribution in [1.82, 2.24) is 5.32 Å². The van der Waals surface area contributed by atoms with Crippen molar-refractivity contribution in [3.63, 3.8) is 0 Å². The Labute approximate surface area is 113 Å². The van der Waals surface area contributed by atoms with Crippen molar-refractivity contribution in [3.05, 3.63) is 40.3 Å². The van der Waals surface area contributed by atoms with Gasteiger partial charge in [-0.3, -0.25) is 0 Å². The lowest BCUT2D eigenvalue weighted by Gasteiger charge is -2.11. The molecule has 1 N–H and O–H groups in total. The Morgan fingerprint density at radius 2 is 2.00 bits per heavy atom. The summed E-state index contributed by atoms with van der Waals surface area (Å²) in [6.45, 7) is 5.15. The molecule has 0 bridgehead atoms. The highest BCUT2D eigenvalue weighted by Gasteiger charge is 2.12. The average Bonchev–Trinajstić information content (AvgIpc) is 2.76. The van der Waals surface area contributed by atoms with Crippen molar-refractivity contribution in [2.45, 2.75) is 20.4 Å². The van der Waals surface area contributed by atoms with Gasteiger partial charge >= 0.3 is 0 Å². The predicted molar refractivity (Wildman–Crippen MR) is 78.5 cm³/mol. The minimum absolute atomic E-state index is 0.906. The van der Waals surface area contributed by atoms with Crippen LogP contribution in [-0.4, -0.2) is 14.2 Å². The molecular weight excluding hydrogens is 242 g/mol. The van der Waals surface area contributed by atoms with Crippen molar-refractivity contribution in [3.8, 4) is 16.2 Å². The van der Waals surface area contributed by atoms with Gasteiger partial charge < -0.3 is 10.1 Å². The molecule has 0 amide bonds. The summed E-state index contributed by atoms with van der Waals surface area (Å²) in [6.07, 6.45) is 0. The van der Waals surface area contributed by atoms with Gasteiger partial charge in [0.2, 0.25) is 0 Å². The Morgan fingerprint density at radius 3 is 2.67 bits per heavy atom. The molecule has 0 aliphatic carbocycles. The van der Waals surface area contributed by atoms with Crippen LogP contribution in [0.15, 0.2) is 23.6 Å². The van der Waals surface area contributed by atoms with Crippen molar-refractivity contribution in [2.24, 2.45) is 0 Å². The van der Waals surface area contributed by atoms with Crippen LogP contribution in [0.25, 0.3) is 10.4 Å². The lowest BCUT2D eigenvalue weighted by molar-refractivity contribution is 0.416. The summed E-state index contributed by atoms with van der Waals surface area (Å²) in [5, 5.41) is 5.38.